The van der Waals surface area contributed by atoms with Gasteiger partial charge in [-0.05, 0) is 38.1 Å². The molecule has 1 aliphatic heterocycles. The second-order valence-corrected chi connectivity index (χ2v) is 6.05. The summed E-state index contributed by atoms with van der Waals surface area (Å²) < 4.78 is 37.7. The molecular formula is C13H20ClF3N2S. The summed E-state index contributed by atoms with van der Waals surface area (Å²) in [7, 11) is 0. The minimum Gasteiger partial charge on any atom is -0.315 e. The summed E-state index contributed by atoms with van der Waals surface area (Å²) in [6.07, 6.45) is -2.11. The summed E-state index contributed by atoms with van der Waals surface area (Å²) in [5.41, 5.74) is 0. The minimum absolute atomic E-state index is 0. The number of halogens is 4. The van der Waals surface area contributed by atoms with Gasteiger partial charge < -0.3 is 5.32 Å². The van der Waals surface area contributed by atoms with Crippen LogP contribution in [0.5, 0.6) is 0 Å². The van der Waals surface area contributed by atoms with Gasteiger partial charge in [-0.3, -0.25) is 4.90 Å². The second kappa shape index (κ2) is 7.64. The fourth-order valence-corrected chi connectivity index (χ4v) is 3.35. The zero-order valence-corrected chi connectivity index (χ0v) is 13.0. The van der Waals surface area contributed by atoms with Crippen LogP contribution < -0.4 is 5.32 Å². The summed E-state index contributed by atoms with van der Waals surface area (Å²) in [5, 5.41) is 3.31. The Hall–Kier alpha value is -0.300. The predicted octanol–water partition coefficient (Wildman–Crippen LogP) is 3.76. The Kier molecular flexibility index (Phi) is 6.78. The Morgan fingerprint density at radius 3 is 2.65 bits per heavy atom. The van der Waals surface area contributed by atoms with E-state index in [1.807, 2.05) is 0 Å². The minimum atomic E-state index is -4.21. The van der Waals surface area contributed by atoms with Crippen molar-refractivity contribution in [3.63, 3.8) is 0 Å². The third-order valence-electron chi connectivity index (χ3n) is 3.36. The van der Waals surface area contributed by atoms with Gasteiger partial charge in [0.1, 0.15) is 4.88 Å². The van der Waals surface area contributed by atoms with Crippen LogP contribution in [0.15, 0.2) is 12.1 Å². The molecule has 0 spiro atoms. The van der Waals surface area contributed by atoms with Gasteiger partial charge in [-0.1, -0.05) is 6.92 Å². The third-order valence-corrected chi connectivity index (χ3v) is 4.48. The van der Waals surface area contributed by atoms with E-state index in [4.69, 9.17) is 0 Å². The van der Waals surface area contributed by atoms with Gasteiger partial charge in [-0.15, -0.1) is 23.7 Å². The number of hydrogen-bond donors (Lipinski definition) is 1. The molecule has 20 heavy (non-hydrogen) atoms. The summed E-state index contributed by atoms with van der Waals surface area (Å²) in [5.74, 6) is 0. The monoisotopic (exact) mass is 328 g/mol. The van der Waals surface area contributed by atoms with E-state index in [2.05, 4.69) is 17.1 Å². The SMILES string of the molecule is CCCN(Cc1ccc(C(F)(F)F)s1)C1CCNC1.Cl. The van der Waals surface area contributed by atoms with Crippen LogP contribution in [0, 0.1) is 0 Å². The van der Waals surface area contributed by atoms with Crippen LogP contribution in [0.3, 0.4) is 0 Å². The topological polar surface area (TPSA) is 15.3 Å². The predicted molar refractivity (Wildman–Crippen MR) is 78.5 cm³/mol. The second-order valence-electron chi connectivity index (χ2n) is 4.88. The molecule has 1 atom stereocenters. The van der Waals surface area contributed by atoms with E-state index in [1.54, 1.807) is 6.07 Å². The highest BCUT2D eigenvalue weighted by Crippen LogP contribution is 2.35. The maximum absolute atomic E-state index is 12.6. The molecule has 116 valence electrons. The molecule has 0 aromatic carbocycles. The fraction of sp³-hybridized carbons (Fsp3) is 0.692. The molecule has 0 aliphatic carbocycles. The van der Waals surface area contributed by atoms with Crippen molar-refractivity contribution in [1.82, 2.24) is 10.2 Å². The first kappa shape index (κ1) is 17.8. The highest BCUT2D eigenvalue weighted by molar-refractivity contribution is 7.12. The standard InChI is InChI=1S/C13H19F3N2S.ClH/c1-2-7-18(10-5-6-17-8-10)9-11-3-4-12(19-11)13(14,15)16;/h3-4,10,17H,2,5-9H2,1H3;1H. The van der Waals surface area contributed by atoms with E-state index < -0.39 is 11.1 Å². The Morgan fingerprint density at radius 1 is 1.40 bits per heavy atom. The van der Waals surface area contributed by atoms with Crippen LogP contribution >= 0.6 is 23.7 Å². The van der Waals surface area contributed by atoms with Gasteiger partial charge in [0, 0.05) is 24.0 Å². The summed E-state index contributed by atoms with van der Waals surface area (Å²) in [6.45, 7) is 5.61. The van der Waals surface area contributed by atoms with Crippen molar-refractivity contribution < 1.29 is 13.2 Å². The summed E-state index contributed by atoms with van der Waals surface area (Å²) in [6, 6.07) is 3.26. The first-order valence-corrected chi connectivity index (χ1v) is 7.43. The van der Waals surface area contributed by atoms with Gasteiger partial charge in [0.15, 0.2) is 0 Å². The molecule has 0 saturated carbocycles. The van der Waals surface area contributed by atoms with Crippen molar-refractivity contribution in [2.24, 2.45) is 0 Å². The average Bonchev–Trinajstić information content (AvgIpc) is 2.98. The van der Waals surface area contributed by atoms with E-state index in [1.165, 1.54) is 6.07 Å². The van der Waals surface area contributed by atoms with Crippen LogP contribution in [0.2, 0.25) is 0 Å². The van der Waals surface area contributed by atoms with Crippen LogP contribution in [0.1, 0.15) is 29.5 Å². The Balaban J connectivity index is 0.00000200. The Morgan fingerprint density at radius 2 is 2.15 bits per heavy atom. The first-order chi connectivity index (χ1) is 9.00. The first-order valence-electron chi connectivity index (χ1n) is 6.61. The Bertz CT molecular complexity index is 403. The van der Waals surface area contributed by atoms with E-state index in [0.29, 0.717) is 12.6 Å². The van der Waals surface area contributed by atoms with Gasteiger partial charge in [-0.2, -0.15) is 13.2 Å². The van der Waals surface area contributed by atoms with Crippen molar-refractivity contribution in [2.45, 2.75) is 38.5 Å². The lowest BCUT2D eigenvalue weighted by Crippen LogP contribution is -2.36. The van der Waals surface area contributed by atoms with Gasteiger partial charge in [-0.25, -0.2) is 0 Å². The fourth-order valence-electron chi connectivity index (χ4n) is 2.44. The highest BCUT2D eigenvalue weighted by Gasteiger charge is 2.32. The largest absolute Gasteiger partial charge is 0.425 e. The lowest BCUT2D eigenvalue weighted by Gasteiger charge is -2.27. The summed E-state index contributed by atoms with van der Waals surface area (Å²) >= 11 is 0.866. The van der Waals surface area contributed by atoms with Crippen LogP contribution in [-0.4, -0.2) is 30.6 Å². The number of nitrogens with zero attached hydrogens (tertiary/aromatic N) is 1. The molecule has 1 saturated heterocycles. The Labute approximate surface area is 127 Å². The number of alkyl halides is 3. The van der Waals surface area contributed by atoms with Gasteiger partial charge in [0.05, 0.1) is 0 Å². The number of hydrogen-bond acceptors (Lipinski definition) is 3. The van der Waals surface area contributed by atoms with Crippen molar-refractivity contribution >= 4 is 23.7 Å². The molecule has 7 heteroatoms. The van der Waals surface area contributed by atoms with Crippen LogP contribution in [0.25, 0.3) is 0 Å². The van der Waals surface area contributed by atoms with E-state index in [-0.39, 0.29) is 12.4 Å². The molecule has 1 N–H and O–H groups in total. The molecule has 1 aromatic heterocycles. The molecule has 2 heterocycles. The highest BCUT2D eigenvalue weighted by atomic mass is 35.5. The van der Waals surface area contributed by atoms with Crippen molar-refractivity contribution in [3.05, 3.63) is 21.9 Å². The lowest BCUT2D eigenvalue weighted by molar-refractivity contribution is -0.134. The van der Waals surface area contributed by atoms with Gasteiger partial charge in [0.25, 0.3) is 0 Å². The molecule has 1 aromatic rings. The number of thiophene rings is 1. The third kappa shape index (κ3) is 4.62. The maximum atomic E-state index is 12.6. The maximum Gasteiger partial charge on any atom is 0.425 e. The zero-order valence-electron chi connectivity index (χ0n) is 11.4. The number of nitrogens with one attached hydrogen (secondary N) is 1. The van der Waals surface area contributed by atoms with E-state index >= 15 is 0 Å². The van der Waals surface area contributed by atoms with Crippen LogP contribution in [0.4, 0.5) is 13.2 Å². The van der Waals surface area contributed by atoms with E-state index in [0.717, 1.165) is 48.7 Å². The molecule has 1 fully saturated rings. The molecule has 2 rings (SSSR count). The number of rotatable bonds is 5. The molecule has 1 aliphatic rings. The van der Waals surface area contributed by atoms with Crippen molar-refractivity contribution in [3.8, 4) is 0 Å². The average molecular weight is 329 g/mol. The molecule has 0 bridgehead atoms. The summed E-state index contributed by atoms with van der Waals surface area (Å²) in [4.78, 5) is 2.60. The molecule has 0 radical (unpaired) electrons. The van der Waals surface area contributed by atoms with Crippen molar-refractivity contribution in [1.29, 1.82) is 0 Å². The molecule has 1 unspecified atom stereocenters. The van der Waals surface area contributed by atoms with Crippen LogP contribution in [-0.2, 0) is 12.7 Å². The smallest absolute Gasteiger partial charge is 0.315 e. The van der Waals surface area contributed by atoms with Gasteiger partial charge in [0.2, 0.25) is 0 Å². The van der Waals surface area contributed by atoms with Crippen molar-refractivity contribution in [2.75, 3.05) is 19.6 Å². The quantitative estimate of drug-likeness (QED) is 0.885. The van der Waals surface area contributed by atoms with Gasteiger partial charge >= 0.3 is 6.18 Å². The lowest BCUT2D eigenvalue weighted by atomic mass is 10.2. The molecular weight excluding hydrogens is 309 g/mol. The normalized spacial score (nSPS) is 19.4. The zero-order chi connectivity index (χ0) is 13.9. The van der Waals surface area contributed by atoms with E-state index in [9.17, 15) is 13.2 Å². The molecule has 2 nitrogen and oxygen atoms in total. The molecule has 0 amide bonds.